The molecule has 0 aliphatic rings. The van der Waals surface area contributed by atoms with Crippen LogP contribution in [0.1, 0.15) is 19.5 Å². The van der Waals surface area contributed by atoms with Gasteiger partial charge in [0.25, 0.3) is 0 Å². The summed E-state index contributed by atoms with van der Waals surface area (Å²) in [4.78, 5) is 31.5. The van der Waals surface area contributed by atoms with Crippen molar-refractivity contribution in [2.75, 3.05) is 0 Å². The summed E-state index contributed by atoms with van der Waals surface area (Å²) >= 11 is 0. The second kappa shape index (κ2) is 6.30. The van der Waals surface area contributed by atoms with Gasteiger partial charge in [-0.25, -0.2) is 9.78 Å². The zero-order chi connectivity index (χ0) is 15.4. The van der Waals surface area contributed by atoms with E-state index in [2.05, 4.69) is 15.3 Å². The van der Waals surface area contributed by atoms with Gasteiger partial charge >= 0.3 is 5.97 Å². The van der Waals surface area contributed by atoms with Crippen molar-refractivity contribution in [2.24, 2.45) is 5.92 Å². The number of aliphatic carboxylic acids is 1. The van der Waals surface area contributed by atoms with E-state index in [-0.39, 0.29) is 18.2 Å². The van der Waals surface area contributed by atoms with Crippen LogP contribution in [-0.4, -0.2) is 33.0 Å². The monoisotopic (exact) mass is 287 g/mol. The highest BCUT2D eigenvalue weighted by molar-refractivity contribution is 5.84. The Hall–Kier alpha value is -2.50. The van der Waals surface area contributed by atoms with E-state index in [0.29, 0.717) is 11.2 Å². The van der Waals surface area contributed by atoms with Gasteiger partial charge in [-0.3, -0.25) is 9.78 Å². The summed E-state index contributed by atoms with van der Waals surface area (Å²) in [7, 11) is 0. The first-order valence-electron chi connectivity index (χ1n) is 6.71. The molecule has 21 heavy (non-hydrogen) atoms. The molecule has 1 amide bonds. The third kappa shape index (κ3) is 3.75. The number of hydrogen-bond acceptors (Lipinski definition) is 4. The van der Waals surface area contributed by atoms with Crippen LogP contribution in [0, 0.1) is 5.92 Å². The normalized spacial score (nSPS) is 12.3. The molecule has 0 bridgehead atoms. The molecule has 2 rings (SSSR count). The van der Waals surface area contributed by atoms with E-state index in [9.17, 15) is 14.7 Å². The number of fused-ring (bicyclic) bond motifs is 1. The van der Waals surface area contributed by atoms with Crippen LogP contribution in [-0.2, 0) is 16.0 Å². The molecule has 2 aromatic rings. The van der Waals surface area contributed by atoms with E-state index in [0.717, 1.165) is 5.52 Å². The van der Waals surface area contributed by atoms with Gasteiger partial charge in [-0.1, -0.05) is 26.0 Å². The fourth-order valence-corrected chi connectivity index (χ4v) is 1.84. The molecule has 1 atom stereocenters. The first-order valence-corrected chi connectivity index (χ1v) is 6.71. The topological polar surface area (TPSA) is 92.2 Å². The third-order valence-electron chi connectivity index (χ3n) is 3.05. The molecular formula is C15H17N3O3. The molecule has 0 aliphatic carbocycles. The molecule has 6 nitrogen and oxygen atoms in total. The number of para-hydroxylation sites is 2. The van der Waals surface area contributed by atoms with Crippen molar-refractivity contribution < 1.29 is 14.7 Å². The summed E-state index contributed by atoms with van der Waals surface area (Å²) in [5.41, 5.74) is 1.99. The molecule has 2 N–H and O–H groups in total. The SMILES string of the molecule is CC(C)C(=O)N[C@H](Cc1cnc2ccccc2n1)C(=O)O. The molecular weight excluding hydrogens is 270 g/mol. The Morgan fingerprint density at radius 3 is 2.52 bits per heavy atom. The molecule has 6 heteroatoms. The number of nitrogens with one attached hydrogen (secondary N) is 1. The largest absolute Gasteiger partial charge is 0.480 e. The Labute approximate surface area is 122 Å². The number of benzene rings is 1. The van der Waals surface area contributed by atoms with Crippen molar-refractivity contribution in [1.29, 1.82) is 0 Å². The van der Waals surface area contributed by atoms with Crippen LogP contribution < -0.4 is 5.32 Å². The van der Waals surface area contributed by atoms with Crippen molar-refractivity contribution in [2.45, 2.75) is 26.3 Å². The van der Waals surface area contributed by atoms with Crippen LogP contribution in [0.15, 0.2) is 30.5 Å². The summed E-state index contributed by atoms with van der Waals surface area (Å²) in [5, 5.41) is 11.7. The number of amides is 1. The number of rotatable bonds is 5. The fraction of sp³-hybridized carbons (Fsp3) is 0.333. The van der Waals surface area contributed by atoms with Crippen LogP contribution >= 0.6 is 0 Å². The van der Waals surface area contributed by atoms with E-state index in [1.54, 1.807) is 20.0 Å². The van der Waals surface area contributed by atoms with Gasteiger partial charge in [0, 0.05) is 18.5 Å². The minimum Gasteiger partial charge on any atom is -0.480 e. The maximum absolute atomic E-state index is 11.6. The van der Waals surface area contributed by atoms with Crippen molar-refractivity contribution in [3.05, 3.63) is 36.2 Å². The molecule has 0 saturated carbocycles. The van der Waals surface area contributed by atoms with E-state index in [1.807, 2.05) is 24.3 Å². The first kappa shape index (κ1) is 14.9. The van der Waals surface area contributed by atoms with Crippen LogP contribution in [0.5, 0.6) is 0 Å². The summed E-state index contributed by atoms with van der Waals surface area (Å²) < 4.78 is 0. The average Bonchev–Trinajstić information content (AvgIpc) is 2.46. The zero-order valence-electron chi connectivity index (χ0n) is 11.9. The molecule has 0 aliphatic heterocycles. The van der Waals surface area contributed by atoms with Crippen molar-refractivity contribution in [3.8, 4) is 0 Å². The number of nitrogens with zero attached hydrogens (tertiary/aromatic N) is 2. The molecule has 1 aromatic heterocycles. The molecule has 1 heterocycles. The Bertz CT molecular complexity index is 670. The molecule has 110 valence electrons. The Balaban J connectivity index is 2.18. The predicted molar refractivity (Wildman–Crippen MR) is 77.6 cm³/mol. The van der Waals surface area contributed by atoms with Gasteiger partial charge in [0.15, 0.2) is 0 Å². The van der Waals surface area contributed by atoms with Crippen molar-refractivity contribution in [1.82, 2.24) is 15.3 Å². The summed E-state index contributed by atoms with van der Waals surface area (Å²) in [6, 6.07) is 6.35. The lowest BCUT2D eigenvalue weighted by molar-refractivity contribution is -0.142. The van der Waals surface area contributed by atoms with Gasteiger partial charge in [-0.15, -0.1) is 0 Å². The number of carboxylic acids is 1. The van der Waals surface area contributed by atoms with Crippen LogP contribution in [0.4, 0.5) is 0 Å². The number of aromatic nitrogens is 2. The molecule has 1 aromatic carbocycles. The summed E-state index contributed by atoms with van der Waals surface area (Å²) in [6.45, 7) is 3.42. The maximum atomic E-state index is 11.6. The first-order chi connectivity index (χ1) is 9.97. The Morgan fingerprint density at radius 1 is 1.24 bits per heavy atom. The molecule has 0 fully saturated rings. The third-order valence-corrected chi connectivity index (χ3v) is 3.05. The molecule has 0 spiro atoms. The van der Waals surface area contributed by atoms with E-state index >= 15 is 0 Å². The second-order valence-electron chi connectivity index (χ2n) is 5.11. The van der Waals surface area contributed by atoms with Gasteiger partial charge in [-0.05, 0) is 12.1 Å². The van der Waals surface area contributed by atoms with Crippen LogP contribution in [0.3, 0.4) is 0 Å². The van der Waals surface area contributed by atoms with Gasteiger partial charge in [0.2, 0.25) is 5.91 Å². The highest BCUT2D eigenvalue weighted by Crippen LogP contribution is 2.10. The minimum atomic E-state index is -1.08. The van der Waals surface area contributed by atoms with Gasteiger partial charge in [0.1, 0.15) is 6.04 Å². The highest BCUT2D eigenvalue weighted by atomic mass is 16.4. The summed E-state index contributed by atoms with van der Waals surface area (Å²) in [5.74, 6) is -1.65. The lowest BCUT2D eigenvalue weighted by Crippen LogP contribution is -2.44. The molecule has 0 saturated heterocycles. The van der Waals surface area contributed by atoms with E-state index in [4.69, 9.17) is 0 Å². The minimum absolute atomic E-state index is 0.103. The smallest absolute Gasteiger partial charge is 0.326 e. The van der Waals surface area contributed by atoms with Gasteiger partial charge in [-0.2, -0.15) is 0 Å². The number of carbonyl (C=O) groups is 2. The average molecular weight is 287 g/mol. The lowest BCUT2D eigenvalue weighted by atomic mass is 10.1. The quantitative estimate of drug-likeness (QED) is 0.867. The zero-order valence-corrected chi connectivity index (χ0v) is 11.9. The number of hydrogen-bond donors (Lipinski definition) is 2. The highest BCUT2D eigenvalue weighted by Gasteiger charge is 2.22. The lowest BCUT2D eigenvalue weighted by Gasteiger charge is -2.15. The Morgan fingerprint density at radius 2 is 1.90 bits per heavy atom. The maximum Gasteiger partial charge on any atom is 0.326 e. The standard InChI is InChI=1S/C15H17N3O3/c1-9(2)14(19)18-13(15(20)21)7-10-8-16-11-5-3-4-6-12(11)17-10/h3-6,8-9,13H,7H2,1-2H3,(H,18,19)(H,20,21)/t13-/m1/s1. The van der Waals surface area contributed by atoms with Crippen LogP contribution in [0.2, 0.25) is 0 Å². The van der Waals surface area contributed by atoms with Crippen molar-refractivity contribution >= 4 is 22.9 Å². The van der Waals surface area contributed by atoms with E-state index in [1.165, 1.54) is 0 Å². The Kier molecular flexibility index (Phi) is 4.47. The van der Waals surface area contributed by atoms with E-state index < -0.39 is 12.0 Å². The van der Waals surface area contributed by atoms with Gasteiger partial charge < -0.3 is 10.4 Å². The van der Waals surface area contributed by atoms with Crippen molar-refractivity contribution in [3.63, 3.8) is 0 Å². The van der Waals surface area contributed by atoms with Gasteiger partial charge in [0.05, 0.1) is 16.7 Å². The molecule has 0 radical (unpaired) electrons. The predicted octanol–water partition coefficient (Wildman–Crippen LogP) is 1.40. The fourth-order valence-electron chi connectivity index (χ4n) is 1.84. The van der Waals surface area contributed by atoms with Crippen LogP contribution in [0.25, 0.3) is 11.0 Å². The second-order valence-corrected chi connectivity index (χ2v) is 5.11. The molecule has 0 unspecified atom stereocenters. The summed E-state index contributed by atoms with van der Waals surface area (Å²) in [6.07, 6.45) is 1.64. The number of carbonyl (C=O) groups excluding carboxylic acids is 1. The number of carboxylic acid groups (broad SMARTS) is 1.